The van der Waals surface area contributed by atoms with Crippen LogP contribution in [-0.4, -0.2) is 5.11 Å². The van der Waals surface area contributed by atoms with E-state index in [0.29, 0.717) is 5.75 Å². The number of halogens is 1. The highest BCUT2D eigenvalue weighted by Gasteiger charge is 1.96. The van der Waals surface area contributed by atoms with E-state index in [2.05, 4.69) is 15.9 Å². The highest BCUT2D eigenvalue weighted by atomic mass is 79.9. The van der Waals surface area contributed by atoms with E-state index in [1.165, 1.54) is 5.56 Å². The van der Waals surface area contributed by atoms with Gasteiger partial charge in [0, 0.05) is 5.33 Å². The van der Waals surface area contributed by atoms with Crippen molar-refractivity contribution in [3.63, 3.8) is 0 Å². The fourth-order valence-corrected chi connectivity index (χ4v) is 2.07. The third kappa shape index (κ3) is 5.62. The van der Waals surface area contributed by atoms with Crippen LogP contribution in [0.25, 0.3) is 0 Å². The van der Waals surface area contributed by atoms with Crippen molar-refractivity contribution in [1.29, 1.82) is 0 Å². The predicted molar refractivity (Wildman–Crippen MR) is 93.7 cm³/mol. The molecule has 0 spiro atoms. The van der Waals surface area contributed by atoms with Gasteiger partial charge in [0.25, 0.3) is 0 Å². The Labute approximate surface area is 139 Å². The molecule has 0 bridgehead atoms. The van der Waals surface area contributed by atoms with E-state index in [4.69, 9.17) is 9.84 Å². The Bertz CT molecular complexity index is 652. The van der Waals surface area contributed by atoms with Crippen molar-refractivity contribution in [2.45, 2.75) is 5.33 Å². The molecule has 0 aliphatic heterocycles. The highest BCUT2D eigenvalue weighted by Crippen LogP contribution is 2.21. The molecule has 2 nitrogen and oxygen atoms in total. The van der Waals surface area contributed by atoms with Gasteiger partial charge in [0.05, 0.1) is 0 Å². The lowest BCUT2D eigenvalue weighted by atomic mass is 10.2. The summed E-state index contributed by atoms with van der Waals surface area (Å²) in [6.45, 7) is 0. The lowest BCUT2D eigenvalue weighted by molar-refractivity contribution is 0.475. The summed E-state index contributed by atoms with van der Waals surface area (Å²) in [7, 11) is 0. The van der Waals surface area contributed by atoms with E-state index in [1.807, 2.05) is 60.7 Å². The molecule has 22 heavy (non-hydrogen) atoms. The number of phenolic OH excluding ortho intramolecular Hbond substituents is 1. The number of phenols is 1. The summed E-state index contributed by atoms with van der Waals surface area (Å²) in [6, 6.07) is 26.5. The Morgan fingerprint density at radius 2 is 1.18 bits per heavy atom. The normalized spacial score (nSPS) is 9.50. The van der Waals surface area contributed by atoms with Gasteiger partial charge in [-0.3, -0.25) is 0 Å². The maximum Gasteiger partial charge on any atom is 0.127 e. The van der Waals surface area contributed by atoms with Crippen molar-refractivity contribution in [3.05, 3.63) is 90.5 Å². The molecule has 0 heterocycles. The van der Waals surface area contributed by atoms with Crippen LogP contribution in [-0.2, 0) is 5.33 Å². The first-order valence-electron chi connectivity index (χ1n) is 6.90. The van der Waals surface area contributed by atoms with Gasteiger partial charge in [-0.25, -0.2) is 0 Å². The van der Waals surface area contributed by atoms with Crippen LogP contribution in [0.2, 0.25) is 0 Å². The molecular weight excluding hydrogens is 340 g/mol. The molecule has 0 saturated carbocycles. The summed E-state index contributed by atoms with van der Waals surface area (Å²) < 4.78 is 5.66. The smallest absolute Gasteiger partial charge is 0.127 e. The number of hydrogen-bond donors (Lipinski definition) is 1. The second kappa shape index (κ2) is 8.90. The Hall–Kier alpha value is -2.26. The van der Waals surface area contributed by atoms with Gasteiger partial charge in [-0.1, -0.05) is 64.5 Å². The SMILES string of the molecule is BrCc1ccc(Oc2ccccc2)cc1.Oc1ccccc1. The molecule has 0 amide bonds. The quantitative estimate of drug-likeness (QED) is 0.604. The molecule has 3 heteroatoms. The van der Waals surface area contributed by atoms with Gasteiger partial charge in [0.15, 0.2) is 0 Å². The van der Waals surface area contributed by atoms with Crippen LogP contribution in [0, 0.1) is 0 Å². The minimum atomic E-state index is 0.322. The lowest BCUT2D eigenvalue weighted by Crippen LogP contribution is -1.84. The van der Waals surface area contributed by atoms with Crippen molar-refractivity contribution >= 4 is 15.9 Å². The van der Waals surface area contributed by atoms with Gasteiger partial charge in [0.1, 0.15) is 17.2 Å². The molecule has 0 fully saturated rings. The van der Waals surface area contributed by atoms with E-state index in [0.717, 1.165) is 16.8 Å². The number of benzene rings is 3. The van der Waals surface area contributed by atoms with Crippen molar-refractivity contribution < 1.29 is 9.84 Å². The third-order valence-electron chi connectivity index (χ3n) is 2.81. The average Bonchev–Trinajstić information content (AvgIpc) is 2.58. The number of ether oxygens (including phenoxy) is 1. The predicted octanol–water partition coefficient (Wildman–Crippen LogP) is 5.77. The maximum atomic E-state index is 8.63. The van der Waals surface area contributed by atoms with E-state index in [1.54, 1.807) is 24.3 Å². The van der Waals surface area contributed by atoms with Crippen LogP contribution >= 0.6 is 15.9 Å². The Kier molecular flexibility index (Phi) is 6.52. The van der Waals surface area contributed by atoms with E-state index in [-0.39, 0.29) is 0 Å². The summed E-state index contributed by atoms with van der Waals surface area (Å²) in [5.41, 5.74) is 1.25. The van der Waals surface area contributed by atoms with Gasteiger partial charge in [0.2, 0.25) is 0 Å². The van der Waals surface area contributed by atoms with Gasteiger partial charge >= 0.3 is 0 Å². The minimum Gasteiger partial charge on any atom is -0.508 e. The largest absolute Gasteiger partial charge is 0.508 e. The number of hydrogen-bond acceptors (Lipinski definition) is 2. The van der Waals surface area contributed by atoms with Gasteiger partial charge < -0.3 is 9.84 Å². The molecule has 0 atom stereocenters. The zero-order chi connectivity index (χ0) is 15.6. The minimum absolute atomic E-state index is 0.322. The fourth-order valence-electron chi connectivity index (χ4n) is 1.70. The topological polar surface area (TPSA) is 29.5 Å². The molecule has 0 saturated heterocycles. The molecule has 1 N–H and O–H groups in total. The average molecular weight is 357 g/mol. The molecule has 0 unspecified atom stereocenters. The Morgan fingerprint density at radius 3 is 1.64 bits per heavy atom. The van der Waals surface area contributed by atoms with Crippen molar-refractivity contribution in [2.75, 3.05) is 0 Å². The summed E-state index contributed by atoms with van der Waals surface area (Å²) >= 11 is 3.41. The van der Waals surface area contributed by atoms with E-state index >= 15 is 0 Å². The molecule has 0 aliphatic carbocycles. The second-order valence-electron chi connectivity index (χ2n) is 4.53. The molecule has 112 valence electrons. The number of aromatic hydroxyl groups is 1. The summed E-state index contributed by atoms with van der Waals surface area (Å²) in [5.74, 6) is 2.05. The van der Waals surface area contributed by atoms with Crippen molar-refractivity contribution in [1.82, 2.24) is 0 Å². The molecule has 3 rings (SSSR count). The molecule has 3 aromatic rings. The van der Waals surface area contributed by atoms with Gasteiger partial charge in [-0.05, 0) is 42.0 Å². The monoisotopic (exact) mass is 356 g/mol. The highest BCUT2D eigenvalue weighted by molar-refractivity contribution is 9.08. The zero-order valence-corrected chi connectivity index (χ0v) is 13.6. The summed E-state index contributed by atoms with van der Waals surface area (Å²) in [6.07, 6.45) is 0. The van der Waals surface area contributed by atoms with Crippen LogP contribution in [0.1, 0.15) is 5.56 Å². The first kappa shape index (κ1) is 16.1. The fraction of sp³-hybridized carbons (Fsp3) is 0.0526. The molecule has 3 aromatic carbocycles. The van der Waals surface area contributed by atoms with Crippen LogP contribution in [0.5, 0.6) is 17.2 Å². The molecule has 0 aromatic heterocycles. The maximum absolute atomic E-state index is 8.63. The Balaban J connectivity index is 0.000000211. The molecule has 0 aliphatic rings. The first-order valence-corrected chi connectivity index (χ1v) is 8.02. The van der Waals surface area contributed by atoms with Crippen LogP contribution < -0.4 is 4.74 Å². The number of alkyl halides is 1. The van der Waals surface area contributed by atoms with E-state index in [9.17, 15) is 0 Å². The first-order chi connectivity index (χ1) is 10.8. The van der Waals surface area contributed by atoms with Crippen LogP contribution in [0.15, 0.2) is 84.9 Å². The number of para-hydroxylation sites is 2. The van der Waals surface area contributed by atoms with Crippen molar-refractivity contribution in [3.8, 4) is 17.2 Å². The van der Waals surface area contributed by atoms with Gasteiger partial charge in [-0.2, -0.15) is 0 Å². The zero-order valence-electron chi connectivity index (χ0n) is 12.0. The van der Waals surface area contributed by atoms with Crippen LogP contribution in [0.3, 0.4) is 0 Å². The van der Waals surface area contributed by atoms with Gasteiger partial charge in [-0.15, -0.1) is 0 Å². The van der Waals surface area contributed by atoms with Crippen LogP contribution in [0.4, 0.5) is 0 Å². The van der Waals surface area contributed by atoms with E-state index < -0.39 is 0 Å². The summed E-state index contributed by atoms with van der Waals surface area (Å²) in [4.78, 5) is 0. The standard InChI is InChI=1S/C13H11BrO.C6H6O/c14-10-11-6-8-13(9-7-11)15-12-4-2-1-3-5-12;7-6-4-2-1-3-5-6/h1-9H,10H2;1-5,7H. The molecular formula is C19H17BrO2. The second-order valence-corrected chi connectivity index (χ2v) is 5.09. The van der Waals surface area contributed by atoms with Crippen molar-refractivity contribution in [2.24, 2.45) is 0 Å². The third-order valence-corrected chi connectivity index (χ3v) is 3.46. The summed E-state index contributed by atoms with van der Waals surface area (Å²) in [5, 5.41) is 9.51. The Morgan fingerprint density at radius 1 is 0.682 bits per heavy atom. The lowest BCUT2D eigenvalue weighted by Gasteiger charge is -2.05. The molecule has 0 radical (unpaired) electrons. The number of rotatable bonds is 3.